The van der Waals surface area contributed by atoms with Crippen LogP contribution in [0.25, 0.3) is 10.8 Å². The summed E-state index contributed by atoms with van der Waals surface area (Å²) in [7, 11) is 1.66. The van der Waals surface area contributed by atoms with Crippen LogP contribution in [0.15, 0.2) is 71.6 Å². The zero-order chi connectivity index (χ0) is 19.2. The lowest BCUT2D eigenvalue weighted by atomic mass is 10.0. The Bertz CT molecular complexity index is 966. The second-order valence-electron chi connectivity index (χ2n) is 6.31. The van der Waals surface area contributed by atoms with Gasteiger partial charge in [0, 0.05) is 11.9 Å². The molecular formula is C22H22N2O2S. The number of thioether (sulfide) groups is 1. The van der Waals surface area contributed by atoms with Gasteiger partial charge in [-0.2, -0.15) is 0 Å². The predicted molar refractivity (Wildman–Crippen MR) is 112 cm³/mol. The van der Waals surface area contributed by atoms with Crippen LogP contribution in [0.4, 0.5) is 5.69 Å². The smallest absolute Gasteiger partial charge is 0.244 e. The van der Waals surface area contributed by atoms with Gasteiger partial charge in [-0.25, -0.2) is 0 Å². The van der Waals surface area contributed by atoms with E-state index in [0.717, 1.165) is 26.9 Å². The Balaban J connectivity index is 1.64. The zero-order valence-electron chi connectivity index (χ0n) is 15.4. The van der Waals surface area contributed by atoms with Crippen LogP contribution in [-0.2, 0) is 16.0 Å². The number of carbonyl (C=O) groups excluding carboxylic acids is 2. The summed E-state index contributed by atoms with van der Waals surface area (Å²) in [5.74, 6) is -0.287. The number of nitrogens with one attached hydrogen (secondary N) is 1. The molecule has 27 heavy (non-hydrogen) atoms. The molecule has 0 saturated heterocycles. The molecule has 2 amide bonds. The Morgan fingerprint density at radius 3 is 2.48 bits per heavy atom. The first kappa shape index (κ1) is 19.0. The summed E-state index contributed by atoms with van der Waals surface area (Å²) in [6.07, 6.45) is 2.23. The molecule has 5 heteroatoms. The molecule has 3 rings (SSSR count). The number of para-hydroxylation sites is 1. The second-order valence-corrected chi connectivity index (χ2v) is 7.16. The van der Waals surface area contributed by atoms with E-state index in [1.54, 1.807) is 18.8 Å². The van der Waals surface area contributed by atoms with Gasteiger partial charge in [0.05, 0.1) is 18.7 Å². The Morgan fingerprint density at radius 2 is 1.67 bits per heavy atom. The van der Waals surface area contributed by atoms with Crippen molar-refractivity contribution in [2.24, 2.45) is 0 Å². The van der Waals surface area contributed by atoms with Crippen molar-refractivity contribution in [2.45, 2.75) is 11.3 Å². The predicted octanol–water partition coefficient (Wildman–Crippen LogP) is 4.20. The SMILES string of the molecule is CSc1ccccc1NC(=O)CN(C)C(=O)Cc1cccc2ccccc12. The number of fused-ring (bicyclic) bond motifs is 1. The molecule has 0 heterocycles. The summed E-state index contributed by atoms with van der Waals surface area (Å²) in [5, 5.41) is 5.06. The molecule has 0 aliphatic rings. The third kappa shape index (κ3) is 4.68. The summed E-state index contributed by atoms with van der Waals surface area (Å²) in [6.45, 7) is 0.0202. The van der Waals surface area contributed by atoms with Gasteiger partial charge in [0.1, 0.15) is 0 Å². The third-order valence-corrected chi connectivity index (χ3v) is 5.21. The molecule has 138 valence electrons. The number of likely N-dealkylation sites (N-methyl/N-ethyl adjacent to an activating group) is 1. The second kappa shape index (κ2) is 8.73. The molecule has 0 fully saturated rings. The minimum absolute atomic E-state index is 0.0202. The van der Waals surface area contributed by atoms with E-state index >= 15 is 0 Å². The third-order valence-electron chi connectivity index (χ3n) is 4.41. The van der Waals surface area contributed by atoms with Crippen molar-refractivity contribution < 1.29 is 9.59 Å². The lowest BCUT2D eigenvalue weighted by molar-refractivity contribution is -0.132. The fourth-order valence-electron chi connectivity index (χ4n) is 2.99. The van der Waals surface area contributed by atoms with Crippen molar-refractivity contribution in [3.8, 4) is 0 Å². The van der Waals surface area contributed by atoms with Gasteiger partial charge in [-0.15, -0.1) is 11.8 Å². The van der Waals surface area contributed by atoms with Gasteiger partial charge in [-0.3, -0.25) is 9.59 Å². The Hall–Kier alpha value is -2.79. The maximum Gasteiger partial charge on any atom is 0.244 e. The number of hydrogen-bond acceptors (Lipinski definition) is 3. The summed E-state index contributed by atoms with van der Waals surface area (Å²) in [4.78, 5) is 27.4. The summed E-state index contributed by atoms with van der Waals surface area (Å²) in [5.41, 5.74) is 1.74. The number of rotatable bonds is 6. The van der Waals surface area contributed by atoms with Gasteiger partial charge < -0.3 is 10.2 Å². The van der Waals surface area contributed by atoms with Crippen LogP contribution in [0, 0.1) is 0 Å². The van der Waals surface area contributed by atoms with E-state index in [4.69, 9.17) is 0 Å². The first-order chi connectivity index (χ1) is 13.1. The Morgan fingerprint density at radius 1 is 0.963 bits per heavy atom. The number of anilines is 1. The van der Waals surface area contributed by atoms with Crippen LogP contribution in [0.1, 0.15) is 5.56 Å². The van der Waals surface area contributed by atoms with Crippen LogP contribution in [0.3, 0.4) is 0 Å². The highest BCUT2D eigenvalue weighted by molar-refractivity contribution is 7.98. The number of amides is 2. The lowest BCUT2D eigenvalue weighted by Crippen LogP contribution is -2.35. The highest BCUT2D eigenvalue weighted by Crippen LogP contribution is 2.24. The molecule has 1 N–H and O–H groups in total. The van der Waals surface area contributed by atoms with Gasteiger partial charge in [0.15, 0.2) is 0 Å². The molecular weight excluding hydrogens is 356 g/mol. The van der Waals surface area contributed by atoms with Gasteiger partial charge in [0.25, 0.3) is 0 Å². The van der Waals surface area contributed by atoms with E-state index in [1.165, 1.54) is 4.90 Å². The van der Waals surface area contributed by atoms with Gasteiger partial charge in [0.2, 0.25) is 11.8 Å². The molecule has 4 nitrogen and oxygen atoms in total. The van der Waals surface area contributed by atoms with Gasteiger partial charge >= 0.3 is 0 Å². The molecule has 3 aromatic carbocycles. The summed E-state index contributed by atoms with van der Waals surface area (Å²) >= 11 is 1.57. The van der Waals surface area contributed by atoms with Crippen LogP contribution in [-0.4, -0.2) is 36.6 Å². The standard InChI is InChI=1S/C22H22N2O2S/c1-24(15-21(25)23-19-12-5-6-13-20(19)27-2)22(26)14-17-10-7-9-16-8-3-4-11-18(16)17/h3-13H,14-15H2,1-2H3,(H,23,25). The van der Waals surface area contributed by atoms with Crippen molar-refractivity contribution in [3.05, 3.63) is 72.3 Å². The van der Waals surface area contributed by atoms with Gasteiger partial charge in [-0.1, -0.05) is 54.6 Å². The quantitative estimate of drug-likeness (QED) is 0.654. The Kier molecular flexibility index (Phi) is 6.14. The van der Waals surface area contributed by atoms with E-state index < -0.39 is 0 Å². The fourth-order valence-corrected chi connectivity index (χ4v) is 3.54. The monoisotopic (exact) mass is 378 g/mol. The topological polar surface area (TPSA) is 49.4 Å². The van der Waals surface area contributed by atoms with Crippen molar-refractivity contribution in [3.63, 3.8) is 0 Å². The molecule has 0 aliphatic heterocycles. The van der Waals surface area contributed by atoms with E-state index in [2.05, 4.69) is 5.32 Å². The first-order valence-electron chi connectivity index (χ1n) is 8.72. The lowest BCUT2D eigenvalue weighted by Gasteiger charge is -2.18. The van der Waals surface area contributed by atoms with Crippen molar-refractivity contribution in [2.75, 3.05) is 25.2 Å². The number of carbonyl (C=O) groups is 2. The van der Waals surface area contributed by atoms with Crippen molar-refractivity contribution >= 4 is 40.0 Å². The van der Waals surface area contributed by atoms with E-state index in [1.807, 2.05) is 73.0 Å². The maximum absolute atomic E-state index is 12.6. The van der Waals surface area contributed by atoms with Crippen LogP contribution in [0.5, 0.6) is 0 Å². The molecule has 0 spiro atoms. The number of hydrogen-bond donors (Lipinski definition) is 1. The molecule has 0 aliphatic carbocycles. The molecule has 0 atom stereocenters. The normalized spacial score (nSPS) is 10.6. The number of nitrogens with zero attached hydrogens (tertiary/aromatic N) is 1. The van der Waals surface area contributed by atoms with Gasteiger partial charge in [-0.05, 0) is 34.7 Å². The average Bonchev–Trinajstić information content (AvgIpc) is 2.68. The first-order valence-corrected chi connectivity index (χ1v) is 9.94. The summed E-state index contributed by atoms with van der Waals surface area (Å²) in [6, 6.07) is 21.6. The van der Waals surface area contributed by atoms with E-state index in [9.17, 15) is 9.59 Å². The zero-order valence-corrected chi connectivity index (χ0v) is 16.3. The van der Waals surface area contributed by atoms with E-state index in [-0.39, 0.29) is 24.8 Å². The minimum Gasteiger partial charge on any atom is -0.336 e. The maximum atomic E-state index is 12.6. The molecule has 0 radical (unpaired) electrons. The van der Waals surface area contributed by atoms with E-state index in [0.29, 0.717) is 0 Å². The Labute approximate surface area is 163 Å². The van der Waals surface area contributed by atoms with Crippen LogP contribution in [0.2, 0.25) is 0 Å². The molecule has 0 unspecified atom stereocenters. The van der Waals surface area contributed by atoms with Crippen molar-refractivity contribution in [1.82, 2.24) is 4.90 Å². The van der Waals surface area contributed by atoms with Crippen molar-refractivity contribution in [1.29, 1.82) is 0 Å². The number of benzene rings is 3. The highest BCUT2D eigenvalue weighted by Gasteiger charge is 2.15. The minimum atomic E-state index is -0.203. The van der Waals surface area contributed by atoms with Crippen LogP contribution >= 0.6 is 11.8 Å². The van der Waals surface area contributed by atoms with Crippen LogP contribution < -0.4 is 5.32 Å². The molecule has 0 saturated carbocycles. The molecule has 0 bridgehead atoms. The average molecular weight is 378 g/mol. The largest absolute Gasteiger partial charge is 0.336 e. The summed E-state index contributed by atoms with van der Waals surface area (Å²) < 4.78 is 0. The molecule has 3 aromatic rings. The fraction of sp³-hybridized carbons (Fsp3) is 0.182. The molecule has 0 aromatic heterocycles. The highest BCUT2D eigenvalue weighted by atomic mass is 32.2.